The van der Waals surface area contributed by atoms with Gasteiger partial charge >= 0.3 is 0 Å². The smallest absolute Gasteiger partial charge is 0.0698 e. The van der Waals surface area contributed by atoms with Gasteiger partial charge in [0.15, 0.2) is 0 Å². The molecule has 2 N–H and O–H groups in total. The van der Waals surface area contributed by atoms with Crippen LogP contribution in [-0.4, -0.2) is 24.3 Å². The predicted octanol–water partition coefficient (Wildman–Crippen LogP) is 2.15. The maximum absolute atomic E-state index is 9.98. The summed E-state index contributed by atoms with van der Waals surface area (Å²) in [6.45, 7) is 3.88. The van der Waals surface area contributed by atoms with Crippen LogP contribution in [0.2, 0.25) is 0 Å². The van der Waals surface area contributed by atoms with Crippen molar-refractivity contribution < 1.29 is 5.11 Å². The average Bonchev–Trinajstić information content (AvgIpc) is 3.10. The van der Waals surface area contributed by atoms with Crippen molar-refractivity contribution in [2.45, 2.75) is 31.8 Å². The van der Waals surface area contributed by atoms with Crippen molar-refractivity contribution in [2.24, 2.45) is 5.92 Å². The quantitative estimate of drug-likeness (QED) is 0.719. The van der Waals surface area contributed by atoms with Gasteiger partial charge in [-0.05, 0) is 36.8 Å². The van der Waals surface area contributed by atoms with Crippen molar-refractivity contribution in [1.82, 2.24) is 5.32 Å². The fourth-order valence-corrected chi connectivity index (χ4v) is 2.30. The molecule has 0 amide bonds. The fraction of sp³-hybridized carbons (Fsp3) is 0.571. The first-order valence-corrected chi connectivity index (χ1v) is 6.26. The highest BCUT2D eigenvalue weighted by molar-refractivity contribution is 5.26. The minimum atomic E-state index is -0.184. The molecule has 2 rings (SSSR count). The molecule has 88 valence electrons. The zero-order valence-electron chi connectivity index (χ0n) is 9.89. The van der Waals surface area contributed by atoms with Gasteiger partial charge in [-0.3, -0.25) is 0 Å². The number of benzene rings is 1. The topological polar surface area (TPSA) is 32.3 Å². The molecule has 0 heterocycles. The van der Waals surface area contributed by atoms with E-state index < -0.39 is 0 Å². The molecule has 0 saturated heterocycles. The van der Waals surface area contributed by atoms with Crippen molar-refractivity contribution >= 4 is 0 Å². The first kappa shape index (κ1) is 11.6. The van der Waals surface area contributed by atoms with E-state index in [0.29, 0.717) is 11.8 Å². The molecular formula is C14H21NO. The van der Waals surface area contributed by atoms with Crippen molar-refractivity contribution in [1.29, 1.82) is 0 Å². The largest absolute Gasteiger partial charge is 0.391 e. The lowest BCUT2D eigenvalue weighted by atomic mass is 10.1. The third kappa shape index (κ3) is 2.83. The van der Waals surface area contributed by atoms with Crippen LogP contribution in [0.3, 0.4) is 0 Å². The van der Waals surface area contributed by atoms with Crippen molar-refractivity contribution in [3.63, 3.8) is 0 Å². The van der Waals surface area contributed by atoms with Gasteiger partial charge < -0.3 is 10.4 Å². The molecule has 1 aliphatic rings. The second kappa shape index (κ2) is 5.46. The number of hydrogen-bond acceptors (Lipinski definition) is 2. The van der Waals surface area contributed by atoms with Crippen molar-refractivity contribution in [3.05, 3.63) is 35.9 Å². The zero-order valence-corrected chi connectivity index (χ0v) is 9.89. The van der Waals surface area contributed by atoms with Gasteiger partial charge in [-0.15, -0.1) is 0 Å². The molecule has 1 saturated carbocycles. The van der Waals surface area contributed by atoms with E-state index in [1.807, 2.05) is 6.07 Å². The molecule has 1 aliphatic carbocycles. The predicted molar refractivity (Wildman–Crippen MR) is 66.5 cm³/mol. The van der Waals surface area contributed by atoms with Crippen LogP contribution in [0.1, 0.15) is 31.2 Å². The molecule has 16 heavy (non-hydrogen) atoms. The van der Waals surface area contributed by atoms with Gasteiger partial charge in [-0.2, -0.15) is 0 Å². The summed E-state index contributed by atoms with van der Waals surface area (Å²) in [6, 6.07) is 10.5. The molecule has 2 heteroatoms. The molecule has 0 bridgehead atoms. The summed E-state index contributed by atoms with van der Waals surface area (Å²) in [5.74, 6) is 1.05. The molecule has 3 unspecified atom stereocenters. The summed E-state index contributed by atoms with van der Waals surface area (Å²) in [5.41, 5.74) is 1.38. The van der Waals surface area contributed by atoms with Crippen LogP contribution in [0, 0.1) is 5.92 Å². The number of rotatable bonds is 6. The Bertz CT molecular complexity index is 312. The second-order valence-corrected chi connectivity index (χ2v) is 4.69. The summed E-state index contributed by atoms with van der Waals surface area (Å²) in [5, 5.41) is 13.3. The van der Waals surface area contributed by atoms with Gasteiger partial charge in [0.05, 0.1) is 6.10 Å². The molecule has 2 nitrogen and oxygen atoms in total. The van der Waals surface area contributed by atoms with Crippen LogP contribution in [0.25, 0.3) is 0 Å². The fourth-order valence-electron chi connectivity index (χ4n) is 2.30. The molecule has 1 aromatic carbocycles. The minimum Gasteiger partial charge on any atom is -0.391 e. The molecule has 0 aromatic heterocycles. The summed E-state index contributed by atoms with van der Waals surface area (Å²) in [6.07, 6.45) is 2.08. The molecule has 1 fully saturated rings. The van der Waals surface area contributed by atoms with Gasteiger partial charge in [0, 0.05) is 6.54 Å². The highest BCUT2D eigenvalue weighted by atomic mass is 16.3. The lowest BCUT2D eigenvalue weighted by Gasteiger charge is -2.11. The van der Waals surface area contributed by atoms with E-state index in [4.69, 9.17) is 0 Å². The van der Waals surface area contributed by atoms with Crippen molar-refractivity contribution in [2.75, 3.05) is 13.1 Å². The van der Waals surface area contributed by atoms with E-state index in [1.54, 1.807) is 0 Å². The summed E-state index contributed by atoms with van der Waals surface area (Å²) in [7, 11) is 0. The minimum absolute atomic E-state index is 0.184. The standard InChI is InChI=1S/C14H21NO/c1-2-8-15-10-14(16)13-9-12(13)11-6-4-3-5-7-11/h3-7,12-16H,2,8-10H2,1H3. The molecule has 0 aliphatic heterocycles. The third-order valence-electron chi connectivity index (χ3n) is 3.34. The second-order valence-electron chi connectivity index (χ2n) is 4.69. The maximum Gasteiger partial charge on any atom is 0.0698 e. The van der Waals surface area contributed by atoms with E-state index in [0.717, 1.165) is 25.9 Å². The summed E-state index contributed by atoms with van der Waals surface area (Å²) < 4.78 is 0. The highest BCUT2D eigenvalue weighted by Gasteiger charge is 2.42. The lowest BCUT2D eigenvalue weighted by Crippen LogP contribution is -2.29. The van der Waals surface area contributed by atoms with E-state index in [-0.39, 0.29) is 6.10 Å². The third-order valence-corrected chi connectivity index (χ3v) is 3.34. The Labute approximate surface area is 97.7 Å². The van der Waals surface area contributed by atoms with Gasteiger partial charge in [-0.25, -0.2) is 0 Å². The molecule has 0 spiro atoms. The Morgan fingerprint density at radius 1 is 1.38 bits per heavy atom. The van der Waals surface area contributed by atoms with E-state index in [2.05, 4.69) is 36.5 Å². The van der Waals surface area contributed by atoms with Gasteiger partial charge in [0.1, 0.15) is 0 Å². The van der Waals surface area contributed by atoms with E-state index in [9.17, 15) is 5.11 Å². The number of hydrogen-bond donors (Lipinski definition) is 2. The number of aliphatic hydroxyl groups is 1. The molecule has 3 atom stereocenters. The Kier molecular flexibility index (Phi) is 3.97. The first-order valence-electron chi connectivity index (χ1n) is 6.26. The van der Waals surface area contributed by atoms with Gasteiger partial charge in [-0.1, -0.05) is 37.3 Å². The van der Waals surface area contributed by atoms with Crippen LogP contribution in [-0.2, 0) is 0 Å². The van der Waals surface area contributed by atoms with Gasteiger partial charge in [0.2, 0.25) is 0 Å². The molecular weight excluding hydrogens is 198 g/mol. The van der Waals surface area contributed by atoms with Crippen LogP contribution < -0.4 is 5.32 Å². The Hall–Kier alpha value is -0.860. The van der Waals surface area contributed by atoms with E-state index >= 15 is 0 Å². The first-order chi connectivity index (χ1) is 7.83. The highest BCUT2D eigenvalue weighted by Crippen LogP contribution is 2.49. The molecule has 1 aromatic rings. The SMILES string of the molecule is CCCNCC(O)C1CC1c1ccccc1. The summed E-state index contributed by atoms with van der Waals surface area (Å²) in [4.78, 5) is 0. The summed E-state index contributed by atoms with van der Waals surface area (Å²) >= 11 is 0. The monoisotopic (exact) mass is 219 g/mol. The van der Waals surface area contributed by atoms with Gasteiger partial charge in [0.25, 0.3) is 0 Å². The Morgan fingerprint density at radius 2 is 2.12 bits per heavy atom. The normalized spacial score (nSPS) is 25.4. The Morgan fingerprint density at radius 3 is 2.81 bits per heavy atom. The van der Waals surface area contributed by atoms with Crippen LogP contribution >= 0.6 is 0 Å². The van der Waals surface area contributed by atoms with Crippen molar-refractivity contribution in [3.8, 4) is 0 Å². The van der Waals surface area contributed by atoms with Crippen LogP contribution in [0.4, 0.5) is 0 Å². The Balaban J connectivity index is 1.78. The molecule has 0 radical (unpaired) electrons. The number of aliphatic hydroxyl groups excluding tert-OH is 1. The average molecular weight is 219 g/mol. The maximum atomic E-state index is 9.98. The zero-order chi connectivity index (χ0) is 11.4. The van der Waals surface area contributed by atoms with Crippen LogP contribution in [0.15, 0.2) is 30.3 Å². The lowest BCUT2D eigenvalue weighted by molar-refractivity contribution is 0.146. The van der Waals surface area contributed by atoms with E-state index in [1.165, 1.54) is 5.56 Å². The number of nitrogens with one attached hydrogen (secondary N) is 1. The van der Waals surface area contributed by atoms with Crippen LogP contribution in [0.5, 0.6) is 0 Å².